The number of nitrogens with zero attached hydrogens (tertiary/aromatic N) is 2. The largest absolute Gasteiger partial charge is 0.448 e. The molecule has 0 aliphatic rings. The molecule has 6 heteroatoms. The summed E-state index contributed by atoms with van der Waals surface area (Å²) in [4.78, 5) is 33.0. The van der Waals surface area contributed by atoms with Gasteiger partial charge in [-0.3, -0.25) is 9.78 Å². The standard InChI is InChI=1S/C20H19N3O3/c1-12-8-9-15(13(2)10-12)23-19(24)14(3)26-20(25)18-11-21-16-6-4-5-7-17(16)22-18/h4-11,14H,1-3H3,(H,23,24). The lowest BCUT2D eigenvalue weighted by molar-refractivity contribution is -0.123. The van der Waals surface area contributed by atoms with Crippen molar-refractivity contribution in [2.24, 2.45) is 0 Å². The first kappa shape index (κ1) is 17.5. The Hall–Kier alpha value is -3.28. The number of carbonyl (C=O) groups is 2. The second-order valence-electron chi connectivity index (χ2n) is 6.10. The van der Waals surface area contributed by atoms with Crippen LogP contribution in [0.1, 0.15) is 28.5 Å². The SMILES string of the molecule is Cc1ccc(NC(=O)C(C)OC(=O)c2cnc3ccccc3n2)c(C)c1. The van der Waals surface area contributed by atoms with Gasteiger partial charge in [0.15, 0.2) is 11.8 Å². The Balaban J connectivity index is 1.68. The molecule has 0 bridgehead atoms. The molecule has 1 amide bonds. The number of rotatable bonds is 4. The number of ether oxygens (including phenoxy) is 1. The Kier molecular flexibility index (Phi) is 4.93. The van der Waals surface area contributed by atoms with Crippen molar-refractivity contribution in [1.29, 1.82) is 0 Å². The van der Waals surface area contributed by atoms with Gasteiger partial charge >= 0.3 is 5.97 Å². The number of fused-ring (bicyclic) bond motifs is 1. The predicted octanol–water partition coefficient (Wildman–Crippen LogP) is 3.43. The van der Waals surface area contributed by atoms with Crippen LogP contribution in [0.25, 0.3) is 11.0 Å². The molecule has 0 saturated heterocycles. The van der Waals surface area contributed by atoms with Crippen LogP contribution in [0.4, 0.5) is 5.69 Å². The number of carbonyl (C=O) groups excluding carboxylic acids is 2. The van der Waals surface area contributed by atoms with Crippen LogP contribution in [-0.2, 0) is 9.53 Å². The fourth-order valence-electron chi connectivity index (χ4n) is 2.52. The van der Waals surface area contributed by atoms with E-state index in [2.05, 4.69) is 15.3 Å². The van der Waals surface area contributed by atoms with E-state index in [1.54, 1.807) is 12.1 Å². The van der Waals surface area contributed by atoms with E-state index in [4.69, 9.17) is 4.74 Å². The molecule has 1 atom stereocenters. The highest BCUT2D eigenvalue weighted by atomic mass is 16.5. The molecule has 0 saturated carbocycles. The van der Waals surface area contributed by atoms with E-state index in [0.717, 1.165) is 11.1 Å². The summed E-state index contributed by atoms with van der Waals surface area (Å²) in [6.45, 7) is 5.41. The second-order valence-corrected chi connectivity index (χ2v) is 6.10. The van der Waals surface area contributed by atoms with Crippen molar-refractivity contribution in [2.75, 3.05) is 5.32 Å². The number of aromatic nitrogens is 2. The van der Waals surface area contributed by atoms with Crippen molar-refractivity contribution in [3.8, 4) is 0 Å². The lowest BCUT2D eigenvalue weighted by Gasteiger charge is -2.14. The molecule has 0 spiro atoms. The second kappa shape index (κ2) is 7.31. The first-order chi connectivity index (χ1) is 12.4. The van der Waals surface area contributed by atoms with Gasteiger partial charge < -0.3 is 10.1 Å². The van der Waals surface area contributed by atoms with E-state index in [1.165, 1.54) is 13.1 Å². The molecule has 132 valence electrons. The number of hydrogen-bond acceptors (Lipinski definition) is 5. The van der Waals surface area contributed by atoms with Crippen LogP contribution in [0.2, 0.25) is 0 Å². The van der Waals surface area contributed by atoms with Gasteiger partial charge in [0.2, 0.25) is 0 Å². The van der Waals surface area contributed by atoms with Gasteiger partial charge in [-0.1, -0.05) is 29.8 Å². The lowest BCUT2D eigenvalue weighted by Crippen LogP contribution is -2.30. The summed E-state index contributed by atoms with van der Waals surface area (Å²) >= 11 is 0. The summed E-state index contributed by atoms with van der Waals surface area (Å²) in [6, 6.07) is 12.9. The molecule has 3 rings (SSSR count). The molecule has 1 heterocycles. The molecular formula is C20H19N3O3. The van der Waals surface area contributed by atoms with E-state index in [0.29, 0.717) is 16.7 Å². The number of esters is 1. The Bertz CT molecular complexity index is 985. The molecule has 1 unspecified atom stereocenters. The van der Waals surface area contributed by atoms with E-state index in [1.807, 2.05) is 44.2 Å². The number of hydrogen-bond donors (Lipinski definition) is 1. The topological polar surface area (TPSA) is 81.2 Å². The fraction of sp³-hybridized carbons (Fsp3) is 0.200. The Morgan fingerprint density at radius 2 is 1.81 bits per heavy atom. The number of aryl methyl sites for hydroxylation is 2. The molecule has 26 heavy (non-hydrogen) atoms. The van der Waals surface area contributed by atoms with Crippen LogP contribution < -0.4 is 5.32 Å². The van der Waals surface area contributed by atoms with Gasteiger partial charge in [-0.2, -0.15) is 0 Å². The maximum absolute atomic E-state index is 12.3. The number of amides is 1. The molecule has 1 N–H and O–H groups in total. The molecule has 2 aromatic carbocycles. The van der Waals surface area contributed by atoms with Crippen molar-refractivity contribution in [3.63, 3.8) is 0 Å². The quantitative estimate of drug-likeness (QED) is 0.730. The Labute approximate surface area is 151 Å². The third kappa shape index (κ3) is 3.85. The first-order valence-corrected chi connectivity index (χ1v) is 8.25. The zero-order valence-electron chi connectivity index (χ0n) is 14.8. The van der Waals surface area contributed by atoms with Gasteiger partial charge in [-0.25, -0.2) is 9.78 Å². The third-order valence-electron chi connectivity index (χ3n) is 3.95. The van der Waals surface area contributed by atoms with E-state index in [-0.39, 0.29) is 5.69 Å². The minimum absolute atomic E-state index is 0.0647. The average molecular weight is 349 g/mol. The van der Waals surface area contributed by atoms with Crippen molar-refractivity contribution < 1.29 is 14.3 Å². The number of nitrogens with one attached hydrogen (secondary N) is 1. The lowest BCUT2D eigenvalue weighted by atomic mass is 10.1. The molecule has 0 aliphatic heterocycles. The summed E-state index contributed by atoms with van der Waals surface area (Å²) in [7, 11) is 0. The molecule has 0 aliphatic carbocycles. The number of para-hydroxylation sites is 2. The van der Waals surface area contributed by atoms with Crippen LogP contribution in [0.15, 0.2) is 48.7 Å². The van der Waals surface area contributed by atoms with Gasteiger partial charge in [0.25, 0.3) is 5.91 Å². The van der Waals surface area contributed by atoms with Crippen LogP contribution in [0.5, 0.6) is 0 Å². The number of benzene rings is 2. The monoisotopic (exact) mass is 349 g/mol. The Morgan fingerprint density at radius 3 is 2.54 bits per heavy atom. The van der Waals surface area contributed by atoms with Crippen LogP contribution in [-0.4, -0.2) is 27.9 Å². The highest BCUT2D eigenvalue weighted by molar-refractivity contribution is 5.97. The van der Waals surface area contributed by atoms with Crippen molar-refractivity contribution in [1.82, 2.24) is 9.97 Å². The van der Waals surface area contributed by atoms with Crippen LogP contribution in [0, 0.1) is 13.8 Å². The minimum atomic E-state index is -0.962. The van der Waals surface area contributed by atoms with Crippen molar-refractivity contribution in [2.45, 2.75) is 26.9 Å². The molecule has 6 nitrogen and oxygen atoms in total. The summed E-state index contributed by atoms with van der Waals surface area (Å²) in [5.41, 5.74) is 4.08. The highest BCUT2D eigenvalue weighted by Crippen LogP contribution is 2.17. The molecule has 3 aromatic rings. The summed E-state index contributed by atoms with van der Waals surface area (Å²) in [5.74, 6) is -1.09. The normalized spacial score (nSPS) is 11.8. The highest BCUT2D eigenvalue weighted by Gasteiger charge is 2.21. The smallest absolute Gasteiger partial charge is 0.359 e. The zero-order chi connectivity index (χ0) is 18.7. The van der Waals surface area contributed by atoms with Gasteiger partial charge in [0, 0.05) is 5.69 Å². The zero-order valence-corrected chi connectivity index (χ0v) is 14.8. The van der Waals surface area contributed by atoms with Crippen molar-refractivity contribution in [3.05, 3.63) is 65.5 Å². The molecular weight excluding hydrogens is 330 g/mol. The first-order valence-electron chi connectivity index (χ1n) is 8.25. The minimum Gasteiger partial charge on any atom is -0.448 e. The number of anilines is 1. The van der Waals surface area contributed by atoms with Gasteiger partial charge in [-0.15, -0.1) is 0 Å². The molecule has 1 aromatic heterocycles. The fourth-order valence-corrected chi connectivity index (χ4v) is 2.52. The van der Waals surface area contributed by atoms with E-state index >= 15 is 0 Å². The van der Waals surface area contributed by atoms with Crippen LogP contribution in [0.3, 0.4) is 0 Å². The van der Waals surface area contributed by atoms with Crippen molar-refractivity contribution >= 4 is 28.6 Å². The molecule has 0 fully saturated rings. The average Bonchev–Trinajstić information content (AvgIpc) is 2.63. The molecule has 0 radical (unpaired) electrons. The predicted molar refractivity (Wildman–Crippen MR) is 99.0 cm³/mol. The maximum atomic E-state index is 12.3. The van der Waals surface area contributed by atoms with Gasteiger partial charge in [0.1, 0.15) is 0 Å². The summed E-state index contributed by atoms with van der Waals surface area (Å²) < 4.78 is 5.23. The van der Waals surface area contributed by atoms with Gasteiger partial charge in [-0.05, 0) is 44.5 Å². The van der Waals surface area contributed by atoms with Crippen LogP contribution >= 0.6 is 0 Å². The summed E-state index contributed by atoms with van der Waals surface area (Å²) in [6.07, 6.45) is 0.385. The van der Waals surface area contributed by atoms with E-state index in [9.17, 15) is 9.59 Å². The van der Waals surface area contributed by atoms with Gasteiger partial charge in [0.05, 0.1) is 17.2 Å². The Morgan fingerprint density at radius 1 is 1.08 bits per heavy atom. The summed E-state index contributed by atoms with van der Waals surface area (Å²) in [5, 5.41) is 2.77. The van der Waals surface area contributed by atoms with E-state index < -0.39 is 18.0 Å². The maximum Gasteiger partial charge on any atom is 0.359 e. The third-order valence-corrected chi connectivity index (χ3v) is 3.95.